The number of nitrogens with zero attached hydrogens (tertiary/aromatic N) is 1. The van der Waals surface area contributed by atoms with Gasteiger partial charge in [-0.3, -0.25) is 0 Å². The highest BCUT2D eigenvalue weighted by Crippen LogP contribution is 2.14. The highest BCUT2D eigenvalue weighted by molar-refractivity contribution is 5.36. The Kier molecular flexibility index (Phi) is 5.66. The van der Waals surface area contributed by atoms with Crippen molar-refractivity contribution in [1.82, 2.24) is 10.2 Å². The van der Waals surface area contributed by atoms with Gasteiger partial charge in [0.15, 0.2) is 0 Å². The van der Waals surface area contributed by atoms with Crippen LogP contribution in [0.2, 0.25) is 0 Å². The largest absolute Gasteiger partial charge is 0.311 e. The molecule has 0 bridgehead atoms. The van der Waals surface area contributed by atoms with Crippen molar-refractivity contribution < 1.29 is 0 Å². The van der Waals surface area contributed by atoms with Gasteiger partial charge in [0.1, 0.15) is 0 Å². The molecule has 0 fully saturated rings. The summed E-state index contributed by atoms with van der Waals surface area (Å²) in [6, 6.07) is 4.59. The third kappa shape index (κ3) is 4.49. The van der Waals surface area contributed by atoms with E-state index in [2.05, 4.69) is 57.1 Å². The highest BCUT2D eigenvalue weighted by Gasteiger charge is 2.01. The maximum absolute atomic E-state index is 3.51. The van der Waals surface area contributed by atoms with Crippen LogP contribution < -0.4 is 5.32 Å². The third-order valence-corrected chi connectivity index (χ3v) is 3.48. The Labute approximate surface area is 106 Å². The predicted octanol–water partition coefficient (Wildman–Crippen LogP) is 2.65. The SMILES string of the molecule is CCN(C)CCNCc1cc(C)c(C)cc1C. The van der Waals surface area contributed by atoms with E-state index in [-0.39, 0.29) is 0 Å². The Morgan fingerprint density at radius 1 is 1.06 bits per heavy atom. The molecule has 0 amide bonds. The summed E-state index contributed by atoms with van der Waals surface area (Å²) in [5.41, 5.74) is 5.59. The van der Waals surface area contributed by atoms with Gasteiger partial charge in [0.05, 0.1) is 0 Å². The molecule has 1 aromatic carbocycles. The lowest BCUT2D eigenvalue weighted by Crippen LogP contribution is -2.28. The van der Waals surface area contributed by atoms with Gasteiger partial charge in [0.25, 0.3) is 0 Å². The van der Waals surface area contributed by atoms with Crippen molar-refractivity contribution in [1.29, 1.82) is 0 Å². The monoisotopic (exact) mass is 234 g/mol. The maximum atomic E-state index is 3.51. The number of aryl methyl sites for hydroxylation is 3. The summed E-state index contributed by atoms with van der Waals surface area (Å²) in [6.07, 6.45) is 0. The van der Waals surface area contributed by atoms with Crippen LogP contribution in [0.3, 0.4) is 0 Å². The van der Waals surface area contributed by atoms with Crippen LogP contribution in [0, 0.1) is 20.8 Å². The molecule has 0 aliphatic carbocycles. The summed E-state index contributed by atoms with van der Waals surface area (Å²) >= 11 is 0. The summed E-state index contributed by atoms with van der Waals surface area (Å²) in [7, 11) is 2.16. The van der Waals surface area contributed by atoms with E-state index < -0.39 is 0 Å². The maximum Gasteiger partial charge on any atom is 0.0208 e. The molecule has 17 heavy (non-hydrogen) atoms. The van der Waals surface area contributed by atoms with E-state index in [1.54, 1.807) is 0 Å². The van der Waals surface area contributed by atoms with Gasteiger partial charge in [0, 0.05) is 19.6 Å². The van der Waals surface area contributed by atoms with Crippen molar-refractivity contribution in [3.05, 3.63) is 34.4 Å². The van der Waals surface area contributed by atoms with Crippen molar-refractivity contribution in [3.63, 3.8) is 0 Å². The Balaban J connectivity index is 2.44. The minimum Gasteiger partial charge on any atom is -0.311 e. The summed E-state index contributed by atoms with van der Waals surface area (Å²) in [5, 5.41) is 3.51. The number of rotatable bonds is 6. The average Bonchev–Trinajstić information content (AvgIpc) is 2.30. The first kappa shape index (κ1) is 14.2. The normalized spacial score (nSPS) is 11.2. The number of benzene rings is 1. The Hall–Kier alpha value is -0.860. The van der Waals surface area contributed by atoms with Crippen molar-refractivity contribution in [2.75, 3.05) is 26.7 Å². The second-order valence-corrected chi connectivity index (χ2v) is 4.94. The number of hydrogen-bond donors (Lipinski definition) is 1. The summed E-state index contributed by atoms with van der Waals surface area (Å²) in [4.78, 5) is 2.32. The summed E-state index contributed by atoms with van der Waals surface area (Å²) < 4.78 is 0. The third-order valence-electron chi connectivity index (χ3n) is 3.48. The molecule has 0 saturated heterocycles. The van der Waals surface area contributed by atoms with E-state index >= 15 is 0 Å². The first-order valence-corrected chi connectivity index (χ1v) is 6.50. The first-order chi connectivity index (χ1) is 8.04. The fourth-order valence-electron chi connectivity index (χ4n) is 1.86. The van der Waals surface area contributed by atoms with E-state index in [1.807, 2.05) is 0 Å². The molecule has 0 aliphatic rings. The molecule has 96 valence electrons. The molecule has 0 spiro atoms. The summed E-state index contributed by atoms with van der Waals surface area (Å²) in [6.45, 7) is 13.0. The topological polar surface area (TPSA) is 15.3 Å². The van der Waals surface area contributed by atoms with Crippen molar-refractivity contribution in [2.45, 2.75) is 34.2 Å². The molecule has 0 aromatic heterocycles. The van der Waals surface area contributed by atoms with Gasteiger partial charge in [-0.2, -0.15) is 0 Å². The minimum atomic E-state index is 0.977. The molecule has 0 saturated carbocycles. The van der Waals surface area contributed by atoms with Crippen molar-refractivity contribution >= 4 is 0 Å². The summed E-state index contributed by atoms with van der Waals surface area (Å²) in [5.74, 6) is 0. The molecule has 0 radical (unpaired) electrons. The first-order valence-electron chi connectivity index (χ1n) is 6.50. The standard InChI is InChI=1S/C15H26N2/c1-6-17(5)8-7-16-11-15-10-13(3)12(2)9-14(15)4/h9-10,16H,6-8,11H2,1-5H3. The smallest absolute Gasteiger partial charge is 0.0208 e. The number of hydrogen-bond acceptors (Lipinski definition) is 2. The zero-order valence-corrected chi connectivity index (χ0v) is 11.9. The van der Waals surface area contributed by atoms with Crippen LogP contribution in [-0.2, 0) is 6.54 Å². The molecule has 1 N–H and O–H groups in total. The lowest BCUT2D eigenvalue weighted by molar-refractivity contribution is 0.349. The van der Waals surface area contributed by atoms with Gasteiger partial charge in [0.2, 0.25) is 0 Å². The van der Waals surface area contributed by atoms with Crippen molar-refractivity contribution in [3.8, 4) is 0 Å². The van der Waals surface area contributed by atoms with E-state index in [4.69, 9.17) is 0 Å². The van der Waals surface area contributed by atoms with Gasteiger partial charge in [-0.05, 0) is 56.6 Å². The van der Waals surface area contributed by atoms with E-state index in [0.717, 1.165) is 26.2 Å². The molecule has 2 heteroatoms. The number of nitrogens with one attached hydrogen (secondary N) is 1. The fourth-order valence-corrected chi connectivity index (χ4v) is 1.86. The fraction of sp³-hybridized carbons (Fsp3) is 0.600. The van der Waals surface area contributed by atoms with E-state index in [0.29, 0.717) is 0 Å². The van der Waals surface area contributed by atoms with Gasteiger partial charge in [-0.25, -0.2) is 0 Å². The Bertz CT molecular complexity index is 358. The lowest BCUT2D eigenvalue weighted by atomic mass is 10.0. The van der Waals surface area contributed by atoms with Crippen molar-refractivity contribution in [2.24, 2.45) is 0 Å². The molecule has 0 heterocycles. The molecule has 1 aromatic rings. The van der Waals surface area contributed by atoms with Crippen LogP contribution in [0.4, 0.5) is 0 Å². The lowest BCUT2D eigenvalue weighted by Gasteiger charge is -2.15. The highest BCUT2D eigenvalue weighted by atomic mass is 15.1. The van der Waals surface area contributed by atoms with Gasteiger partial charge in [-0.15, -0.1) is 0 Å². The number of likely N-dealkylation sites (N-methyl/N-ethyl adjacent to an activating group) is 1. The van der Waals surface area contributed by atoms with Gasteiger partial charge >= 0.3 is 0 Å². The second kappa shape index (κ2) is 6.77. The molecule has 1 rings (SSSR count). The molecule has 0 unspecified atom stereocenters. The van der Waals surface area contributed by atoms with Crippen LogP contribution in [0.25, 0.3) is 0 Å². The van der Waals surface area contributed by atoms with Crippen LogP contribution >= 0.6 is 0 Å². The van der Waals surface area contributed by atoms with E-state index in [1.165, 1.54) is 22.3 Å². The predicted molar refractivity (Wildman–Crippen MR) is 75.5 cm³/mol. The van der Waals surface area contributed by atoms with E-state index in [9.17, 15) is 0 Å². The molecular formula is C15H26N2. The van der Waals surface area contributed by atoms with Crippen LogP contribution in [0.5, 0.6) is 0 Å². The van der Waals surface area contributed by atoms with Crippen LogP contribution in [-0.4, -0.2) is 31.6 Å². The molecule has 0 atom stereocenters. The molecule has 0 aliphatic heterocycles. The van der Waals surface area contributed by atoms with Crippen LogP contribution in [0.1, 0.15) is 29.2 Å². The average molecular weight is 234 g/mol. The van der Waals surface area contributed by atoms with Gasteiger partial charge < -0.3 is 10.2 Å². The molecular weight excluding hydrogens is 208 g/mol. The van der Waals surface area contributed by atoms with Crippen LogP contribution in [0.15, 0.2) is 12.1 Å². The zero-order valence-electron chi connectivity index (χ0n) is 11.9. The van der Waals surface area contributed by atoms with Gasteiger partial charge in [-0.1, -0.05) is 19.1 Å². The zero-order chi connectivity index (χ0) is 12.8. The second-order valence-electron chi connectivity index (χ2n) is 4.94. The quantitative estimate of drug-likeness (QED) is 0.761. The Morgan fingerprint density at radius 3 is 2.35 bits per heavy atom. The minimum absolute atomic E-state index is 0.977. The molecule has 2 nitrogen and oxygen atoms in total. The Morgan fingerprint density at radius 2 is 1.71 bits per heavy atom.